The van der Waals surface area contributed by atoms with E-state index in [0.29, 0.717) is 5.56 Å². The van der Waals surface area contributed by atoms with Gasteiger partial charge in [0.25, 0.3) is 0 Å². The lowest BCUT2D eigenvalue weighted by molar-refractivity contribution is -0.138. The molecule has 0 heterocycles. The summed E-state index contributed by atoms with van der Waals surface area (Å²) in [5.74, 6) is -3.35. The molecule has 172 valence electrons. The van der Waals surface area contributed by atoms with Crippen LogP contribution in [0.25, 0.3) is 0 Å². The molecule has 10 nitrogen and oxygen atoms in total. The van der Waals surface area contributed by atoms with E-state index in [1.807, 2.05) is 0 Å². The number of hydrogen-bond acceptors (Lipinski definition) is 6. The molecule has 3 unspecified atom stereocenters. The first kappa shape index (κ1) is 25.9. The number of carboxylic acid groups (broad SMARTS) is 1. The van der Waals surface area contributed by atoms with Crippen LogP contribution in [-0.4, -0.2) is 58.6 Å². The summed E-state index contributed by atoms with van der Waals surface area (Å²) >= 11 is 0. The van der Waals surface area contributed by atoms with Crippen LogP contribution in [0.2, 0.25) is 0 Å². The molecule has 31 heavy (non-hydrogen) atoms. The van der Waals surface area contributed by atoms with Crippen LogP contribution in [0, 0.1) is 11.8 Å². The van der Waals surface area contributed by atoms with Crippen LogP contribution in [0.4, 0.5) is 0 Å². The van der Waals surface area contributed by atoms with Crippen molar-refractivity contribution >= 4 is 23.7 Å². The van der Waals surface area contributed by atoms with Gasteiger partial charge in [0.1, 0.15) is 24.4 Å². The Balaban J connectivity index is 3.00. The van der Waals surface area contributed by atoms with Gasteiger partial charge in [0.15, 0.2) is 0 Å². The summed E-state index contributed by atoms with van der Waals surface area (Å²) in [6, 6.07) is 3.23. The van der Waals surface area contributed by atoms with Crippen LogP contribution in [0.1, 0.15) is 33.3 Å². The molecule has 0 bridgehead atoms. The predicted octanol–water partition coefficient (Wildman–Crippen LogP) is -0.256. The minimum absolute atomic E-state index is 0.0451. The first-order valence-electron chi connectivity index (χ1n) is 10.1. The molecule has 1 aromatic rings. The molecule has 0 aliphatic rings. The maximum Gasteiger partial charge on any atom is 0.322 e. The third-order valence-electron chi connectivity index (χ3n) is 4.69. The number of hydrogen-bond donors (Lipinski definition) is 6. The van der Waals surface area contributed by atoms with E-state index in [4.69, 9.17) is 10.8 Å². The van der Waals surface area contributed by atoms with Gasteiger partial charge in [-0.05, 0) is 29.5 Å². The first-order valence-corrected chi connectivity index (χ1v) is 10.1. The fraction of sp³-hybridized carbons (Fsp3) is 0.524. The molecule has 10 heteroatoms. The second-order valence-corrected chi connectivity index (χ2v) is 8.04. The summed E-state index contributed by atoms with van der Waals surface area (Å²) in [5.41, 5.74) is 6.50. The smallest absolute Gasteiger partial charge is 0.322 e. The number of carbonyl (C=O) groups excluding carboxylic acids is 3. The topological polar surface area (TPSA) is 171 Å². The number of aliphatic carboxylic acids is 1. The Bertz CT molecular complexity index is 779. The Kier molecular flexibility index (Phi) is 9.94. The normalized spacial score (nSPS) is 13.9. The molecule has 3 amide bonds. The van der Waals surface area contributed by atoms with Gasteiger partial charge in [-0.2, -0.15) is 0 Å². The summed E-state index contributed by atoms with van der Waals surface area (Å²) in [7, 11) is 0. The van der Waals surface area contributed by atoms with E-state index < -0.39 is 48.4 Å². The van der Waals surface area contributed by atoms with Crippen molar-refractivity contribution in [1.82, 2.24) is 16.0 Å². The molecule has 1 rings (SSSR count). The number of carboxylic acids is 1. The maximum atomic E-state index is 12.9. The second-order valence-electron chi connectivity index (χ2n) is 8.04. The van der Waals surface area contributed by atoms with Crippen molar-refractivity contribution < 1.29 is 29.4 Å². The van der Waals surface area contributed by atoms with Gasteiger partial charge < -0.3 is 31.9 Å². The largest absolute Gasteiger partial charge is 0.508 e. The summed E-state index contributed by atoms with van der Waals surface area (Å²) in [6.45, 7) is 6.45. The number of phenols is 1. The lowest BCUT2D eigenvalue weighted by atomic mass is 9.99. The fourth-order valence-corrected chi connectivity index (χ4v) is 2.71. The highest BCUT2D eigenvalue weighted by atomic mass is 16.4. The molecular formula is C21H32N4O6. The van der Waals surface area contributed by atoms with E-state index >= 15 is 0 Å². The van der Waals surface area contributed by atoms with Gasteiger partial charge in [-0.15, -0.1) is 0 Å². The Morgan fingerprint density at radius 2 is 1.48 bits per heavy atom. The number of benzene rings is 1. The standard InChI is InChI=1S/C21H32N4O6/c1-11(2)17(22)20(30)25-18(12(3)4)21(31)24-15(19(29)23-10-16(27)28)9-13-5-7-14(26)8-6-13/h5-8,11-12,15,17-18,26H,9-10,22H2,1-4H3,(H,23,29)(H,24,31)(H,25,30)(H,27,28). The molecule has 0 fully saturated rings. The van der Waals surface area contributed by atoms with Gasteiger partial charge in [-0.25, -0.2) is 0 Å². The van der Waals surface area contributed by atoms with E-state index in [1.54, 1.807) is 39.8 Å². The van der Waals surface area contributed by atoms with Crippen molar-refractivity contribution in [2.45, 2.75) is 52.2 Å². The zero-order valence-corrected chi connectivity index (χ0v) is 18.2. The number of nitrogens with one attached hydrogen (secondary N) is 3. The minimum Gasteiger partial charge on any atom is -0.508 e. The van der Waals surface area contributed by atoms with Gasteiger partial charge in [-0.3, -0.25) is 19.2 Å². The van der Waals surface area contributed by atoms with E-state index in [9.17, 15) is 24.3 Å². The molecule has 3 atom stereocenters. The molecule has 0 saturated carbocycles. The summed E-state index contributed by atoms with van der Waals surface area (Å²) < 4.78 is 0. The van der Waals surface area contributed by atoms with Crippen LogP contribution in [0.5, 0.6) is 5.75 Å². The quantitative estimate of drug-likeness (QED) is 0.277. The van der Waals surface area contributed by atoms with E-state index in [2.05, 4.69) is 16.0 Å². The van der Waals surface area contributed by atoms with Gasteiger partial charge in [-0.1, -0.05) is 39.8 Å². The van der Waals surface area contributed by atoms with E-state index in [-0.39, 0.29) is 24.0 Å². The van der Waals surface area contributed by atoms with Crippen molar-refractivity contribution in [2.24, 2.45) is 17.6 Å². The summed E-state index contributed by atoms with van der Waals surface area (Å²) in [6.07, 6.45) is 0.0573. The summed E-state index contributed by atoms with van der Waals surface area (Å²) in [4.78, 5) is 48.6. The second kappa shape index (κ2) is 11.9. The number of nitrogens with two attached hydrogens (primary N) is 1. The average Bonchev–Trinajstić information content (AvgIpc) is 2.69. The third kappa shape index (κ3) is 8.63. The maximum absolute atomic E-state index is 12.9. The van der Waals surface area contributed by atoms with Crippen LogP contribution in [0.15, 0.2) is 24.3 Å². The third-order valence-corrected chi connectivity index (χ3v) is 4.69. The van der Waals surface area contributed by atoms with Crippen molar-refractivity contribution in [1.29, 1.82) is 0 Å². The molecule has 0 radical (unpaired) electrons. The zero-order chi connectivity index (χ0) is 23.7. The van der Waals surface area contributed by atoms with Crippen LogP contribution in [-0.2, 0) is 25.6 Å². The van der Waals surface area contributed by atoms with Gasteiger partial charge in [0.05, 0.1) is 6.04 Å². The Labute approximate surface area is 181 Å². The molecule has 7 N–H and O–H groups in total. The summed E-state index contributed by atoms with van der Waals surface area (Å²) in [5, 5.41) is 25.7. The number of carbonyl (C=O) groups is 4. The van der Waals surface area contributed by atoms with Crippen LogP contribution < -0.4 is 21.7 Å². The van der Waals surface area contributed by atoms with Crippen molar-refractivity contribution in [3.8, 4) is 5.75 Å². The van der Waals surface area contributed by atoms with E-state index in [0.717, 1.165) is 0 Å². The molecule has 0 aliphatic carbocycles. The van der Waals surface area contributed by atoms with Crippen molar-refractivity contribution in [3.63, 3.8) is 0 Å². The lowest BCUT2D eigenvalue weighted by Gasteiger charge is -2.27. The van der Waals surface area contributed by atoms with E-state index in [1.165, 1.54) is 12.1 Å². The van der Waals surface area contributed by atoms with Crippen molar-refractivity contribution in [2.75, 3.05) is 6.54 Å². The SMILES string of the molecule is CC(C)C(N)C(=O)NC(C(=O)NC(Cc1ccc(O)cc1)C(=O)NCC(=O)O)C(C)C. The Hall–Kier alpha value is -3.14. The Morgan fingerprint density at radius 3 is 1.97 bits per heavy atom. The highest BCUT2D eigenvalue weighted by Crippen LogP contribution is 2.12. The van der Waals surface area contributed by atoms with Gasteiger partial charge in [0.2, 0.25) is 17.7 Å². The molecule has 1 aromatic carbocycles. The van der Waals surface area contributed by atoms with Gasteiger partial charge >= 0.3 is 5.97 Å². The van der Waals surface area contributed by atoms with Crippen LogP contribution >= 0.6 is 0 Å². The lowest BCUT2D eigenvalue weighted by Crippen LogP contribution is -2.58. The number of rotatable bonds is 11. The highest BCUT2D eigenvalue weighted by molar-refractivity contribution is 5.94. The molecular weight excluding hydrogens is 404 g/mol. The number of amides is 3. The molecule has 0 saturated heterocycles. The fourth-order valence-electron chi connectivity index (χ4n) is 2.71. The predicted molar refractivity (Wildman–Crippen MR) is 114 cm³/mol. The molecule has 0 spiro atoms. The van der Waals surface area contributed by atoms with Crippen LogP contribution in [0.3, 0.4) is 0 Å². The Morgan fingerprint density at radius 1 is 0.903 bits per heavy atom. The van der Waals surface area contributed by atoms with Crippen molar-refractivity contribution in [3.05, 3.63) is 29.8 Å². The number of aromatic hydroxyl groups is 1. The molecule has 0 aliphatic heterocycles. The molecule has 0 aromatic heterocycles. The number of phenolic OH excluding ortho intramolecular Hbond substituents is 1. The average molecular weight is 437 g/mol. The first-order chi connectivity index (χ1) is 14.4. The monoisotopic (exact) mass is 436 g/mol. The minimum atomic E-state index is -1.22. The van der Waals surface area contributed by atoms with Gasteiger partial charge in [0, 0.05) is 6.42 Å². The zero-order valence-electron chi connectivity index (χ0n) is 18.2. The highest BCUT2D eigenvalue weighted by Gasteiger charge is 2.30.